The molecule has 5 rings (SSSR count). The summed E-state index contributed by atoms with van der Waals surface area (Å²) in [4.78, 5) is 23.5. The standard InChI is InChI=1S/C22H13F3N2O6S/c23-17-15-16(18(24)20(19(17)25)34-7-14(30)27-26)22(33-21(15)31)10-3-1-8(28)5-12(10)32-13-6-9(29)2-4-11(13)22/h1-6,28-29H,7,26H2,(H,27,30). The summed E-state index contributed by atoms with van der Waals surface area (Å²) in [5.41, 5.74) is -1.88. The zero-order chi connectivity index (χ0) is 24.4. The zero-order valence-corrected chi connectivity index (χ0v) is 17.6. The molecule has 8 nitrogen and oxygen atoms in total. The van der Waals surface area contributed by atoms with Crippen molar-refractivity contribution in [3.63, 3.8) is 0 Å². The van der Waals surface area contributed by atoms with Gasteiger partial charge in [0.2, 0.25) is 5.91 Å². The van der Waals surface area contributed by atoms with E-state index >= 15 is 8.78 Å². The Morgan fingerprint density at radius 3 is 2.15 bits per heavy atom. The molecule has 0 aliphatic carbocycles. The molecular formula is C22H13F3N2O6S. The lowest BCUT2D eigenvalue weighted by Crippen LogP contribution is -2.34. The summed E-state index contributed by atoms with van der Waals surface area (Å²) in [5, 5.41) is 19.8. The highest BCUT2D eigenvalue weighted by atomic mass is 32.2. The number of hydrogen-bond donors (Lipinski definition) is 4. The van der Waals surface area contributed by atoms with E-state index in [1.807, 2.05) is 0 Å². The second-order valence-corrected chi connectivity index (χ2v) is 8.40. The van der Waals surface area contributed by atoms with Gasteiger partial charge in [-0.25, -0.2) is 23.8 Å². The number of hydrazine groups is 1. The molecule has 0 fully saturated rings. The van der Waals surface area contributed by atoms with E-state index in [1.165, 1.54) is 24.3 Å². The van der Waals surface area contributed by atoms with E-state index in [4.69, 9.17) is 15.3 Å². The fourth-order valence-electron chi connectivity index (χ4n) is 4.12. The van der Waals surface area contributed by atoms with Gasteiger partial charge in [-0.15, -0.1) is 11.8 Å². The first-order valence-electron chi connectivity index (χ1n) is 9.60. The molecule has 5 N–H and O–H groups in total. The van der Waals surface area contributed by atoms with E-state index < -0.39 is 56.7 Å². The molecule has 2 aliphatic heterocycles. The maximum Gasteiger partial charge on any atom is 0.343 e. The Labute approximate surface area is 193 Å². The Kier molecular flexibility index (Phi) is 4.88. The molecule has 0 radical (unpaired) electrons. The average molecular weight is 490 g/mol. The first-order chi connectivity index (χ1) is 16.2. The number of phenolic OH excluding ortho intramolecular Hbond substituents is 2. The van der Waals surface area contributed by atoms with E-state index in [-0.39, 0.29) is 34.1 Å². The van der Waals surface area contributed by atoms with Crippen LogP contribution in [-0.4, -0.2) is 27.8 Å². The number of nitrogens with one attached hydrogen (secondary N) is 1. The van der Waals surface area contributed by atoms with E-state index in [0.29, 0.717) is 11.8 Å². The van der Waals surface area contributed by atoms with Crippen molar-refractivity contribution in [3.8, 4) is 23.0 Å². The summed E-state index contributed by atoms with van der Waals surface area (Å²) < 4.78 is 57.2. The summed E-state index contributed by atoms with van der Waals surface area (Å²) in [6.45, 7) is 0. The third kappa shape index (κ3) is 2.92. The van der Waals surface area contributed by atoms with Gasteiger partial charge >= 0.3 is 5.97 Å². The number of aromatic hydroxyl groups is 2. The first-order valence-corrected chi connectivity index (χ1v) is 10.6. The molecule has 0 bridgehead atoms. The van der Waals surface area contributed by atoms with Gasteiger partial charge in [0.25, 0.3) is 0 Å². The molecule has 174 valence electrons. The summed E-state index contributed by atoms with van der Waals surface area (Å²) in [7, 11) is 0. The molecule has 2 aliphatic rings. The number of fused-ring (bicyclic) bond motifs is 6. The normalized spacial score (nSPS) is 14.6. The number of esters is 1. The van der Waals surface area contributed by atoms with Gasteiger partial charge in [0.05, 0.1) is 16.2 Å². The van der Waals surface area contributed by atoms with Crippen LogP contribution in [0.2, 0.25) is 0 Å². The topological polar surface area (TPSA) is 131 Å². The van der Waals surface area contributed by atoms with Crippen LogP contribution in [0.15, 0.2) is 41.3 Å². The molecule has 2 heterocycles. The van der Waals surface area contributed by atoms with Crippen LogP contribution < -0.4 is 16.0 Å². The summed E-state index contributed by atoms with van der Waals surface area (Å²) in [6.07, 6.45) is 0. The van der Waals surface area contributed by atoms with E-state index in [0.717, 1.165) is 12.1 Å². The minimum absolute atomic E-state index is 0.0242. The molecule has 0 aromatic heterocycles. The first kappa shape index (κ1) is 21.9. The van der Waals surface area contributed by atoms with E-state index in [2.05, 4.69) is 0 Å². The highest BCUT2D eigenvalue weighted by molar-refractivity contribution is 8.00. The van der Waals surface area contributed by atoms with Crippen LogP contribution in [0.25, 0.3) is 0 Å². The minimum Gasteiger partial charge on any atom is -0.508 e. The van der Waals surface area contributed by atoms with Gasteiger partial charge in [0.1, 0.15) is 34.4 Å². The number of carbonyl (C=O) groups excluding carboxylic acids is 2. The largest absolute Gasteiger partial charge is 0.508 e. The summed E-state index contributed by atoms with van der Waals surface area (Å²) >= 11 is 0.342. The molecule has 0 saturated carbocycles. The Morgan fingerprint density at radius 1 is 1.00 bits per heavy atom. The summed E-state index contributed by atoms with van der Waals surface area (Å²) in [5.74, 6) is -2.91. The number of halogens is 3. The van der Waals surface area contributed by atoms with Crippen LogP contribution in [0.1, 0.15) is 27.0 Å². The summed E-state index contributed by atoms with van der Waals surface area (Å²) in [6, 6.07) is 7.35. The Morgan fingerprint density at radius 2 is 1.59 bits per heavy atom. The number of ether oxygens (including phenoxy) is 2. The highest BCUT2D eigenvalue weighted by Crippen LogP contribution is 2.58. The molecule has 1 amide bonds. The van der Waals surface area contributed by atoms with Gasteiger partial charge in [0.15, 0.2) is 17.2 Å². The van der Waals surface area contributed by atoms with Crippen LogP contribution >= 0.6 is 11.8 Å². The number of rotatable bonds is 3. The third-order valence-electron chi connectivity index (χ3n) is 5.50. The molecule has 3 aromatic rings. The van der Waals surface area contributed by atoms with Crippen molar-refractivity contribution in [1.82, 2.24) is 5.43 Å². The third-order valence-corrected chi connectivity index (χ3v) is 6.55. The van der Waals surface area contributed by atoms with Crippen molar-refractivity contribution in [2.45, 2.75) is 10.5 Å². The quantitative estimate of drug-likeness (QED) is 0.110. The molecule has 1 spiro atoms. The zero-order valence-electron chi connectivity index (χ0n) is 16.8. The fraction of sp³-hybridized carbons (Fsp3) is 0.0909. The van der Waals surface area contributed by atoms with Crippen molar-refractivity contribution in [2.75, 3.05) is 5.75 Å². The van der Waals surface area contributed by atoms with Gasteiger partial charge in [0, 0.05) is 23.3 Å². The smallest absolute Gasteiger partial charge is 0.343 e. The monoisotopic (exact) mass is 490 g/mol. The maximum absolute atomic E-state index is 16.0. The van der Waals surface area contributed by atoms with Gasteiger partial charge in [-0.2, -0.15) is 0 Å². The van der Waals surface area contributed by atoms with Crippen LogP contribution in [0.5, 0.6) is 23.0 Å². The molecular weight excluding hydrogens is 477 g/mol. The number of nitrogens with two attached hydrogens (primary N) is 1. The van der Waals surface area contributed by atoms with Crippen LogP contribution in [0, 0.1) is 17.5 Å². The maximum atomic E-state index is 16.0. The molecule has 0 unspecified atom stereocenters. The van der Waals surface area contributed by atoms with Gasteiger partial charge < -0.3 is 19.7 Å². The van der Waals surface area contributed by atoms with Gasteiger partial charge in [-0.05, 0) is 24.3 Å². The van der Waals surface area contributed by atoms with Crippen molar-refractivity contribution in [1.29, 1.82) is 0 Å². The van der Waals surface area contributed by atoms with E-state index in [9.17, 15) is 24.2 Å². The number of thioether (sulfide) groups is 1. The fourth-order valence-corrected chi connectivity index (χ4v) is 4.93. The molecule has 0 atom stereocenters. The average Bonchev–Trinajstić information content (AvgIpc) is 3.10. The lowest BCUT2D eigenvalue weighted by molar-refractivity contribution is -0.118. The van der Waals surface area contributed by atoms with Crippen LogP contribution in [0.4, 0.5) is 13.2 Å². The predicted molar refractivity (Wildman–Crippen MR) is 111 cm³/mol. The lowest BCUT2D eigenvalue weighted by Gasteiger charge is -2.36. The number of hydrogen-bond acceptors (Lipinski definition) is 8. The Balaban J connectivity index is 1.86. The Bertz CT molecular complexity index is 1360. The molecule has 34 heavy (non-hydrogen) atoms. The number of phenols is 2. The molecule has 12 heteroatoms. The number of benzene rings is 3. The minimum atomic E-state index is -2.14. The molecule has 3 aromatic carbocycles. The lowest BCUT2D eigenvalue weighted by atomic mass is 9.77. The Hall–Kier alpha value is -3.90. The van der Waals surface area contributed by atoms with Crippen molar-refractivity contribution in [3.05, 3.63) is 76.1 Å². The van der Waals surface area contributed by atoms with Crippen molar-refractivity contribution < 1.29 is 42.4 Å². The van der Waals surface area contributed by atoms with Crippen LogP contribution in [0.3, 0.4) is 0 Å². The van der Waals surface area contributed by atoms with Gasteiger partial charge in [-0.3, -0.25) is 10.2 Å². The number of amides is 1. The van der Waals surface area contributed by atoms with Crippen molar-refractivity contribution >= 4 is 23.6 Å². The van der Waals surface area contributed by atoms with Crippen LogP contribution in [-0.2, 0) is 15.1 Å². The van der Waals surface area contributed by atoms with Crippen molar-refractivity contribution in [2.24, 2.45) is 5.84 Å². The predicted octanol–water partition coefficient (Wildman–Crippen LogP) is 3.17. The second kappa shape index (κ2) is 7.57. The second-order valence-electron chi connectivity index (χ2n) is 7.41. The SMILES string of the molecule is NNC(=O)CSc1c(F)c(F)c2c(c1F)C1(OC2=O)c2ccc(O)cc2Oc2cc(O)ccc21. The van der Waals surface area contributed by atoms with Gasteiger partial charge in [-0.1, -0.05) is 0 Å². The molecule has 0 saturated heterocycles. The number of carbonyl (C=O) groups is 2. The highest BCUT2D eigenvalue weighted by Gasteiger charge is 2.57. The van der Waals surface area contributed by atoms with E-state index in [1.54, 1.807) is 5.43 Å².